The summed E-state index contributed by atoms with van der Waals surface area (Å²) < 4.78 is 60.1. The van der Waals surface area contributed by atoms with Crippen molar-refractivity contribution in [2.24, 2.45) is 0 Å². The lowest BCUT2D eigenvalue weighted by Gasteiger charge is -2.42. The number of β-lactam (4-membered cyclic amide) rings is 1. The molecule has 0 radical (unpaired) electrons. The third-order valence-corrected chi connectivity index (χ3v) is 8.01. The Hall–Kier alpha value is -2.10. The molecule has 1 aliphatic heterocycles. The number of esters is 1. The Bertz CT molecular complexity index is 1000. The van der Waals surface area contributed by atoms with Gasteiger partial charge in [0, 0.05) is 5.38 Å². The minimum atomic E-state index is -5.10. The Morgan fingerprint density at radius 1 is 1.39 bits per heavy atom. The van der Waals surface area contributed by atoms with E-state index in [1.807, 2.05) is 0 Å². The average molecular weight is 500 g/mol. The molecule has 1 aromatic heterocycles. The summed E-state index contributed by atoms with van der Waals surface area (Å²) in [6, 6.07) is -3.59. The number of carbonyl (C=O) groups excluding carboxylic acids is 3. The first-order chi connectivity index (χ1) is 14.4. The van der Waals surface area contributed by atoms with E-state index in [2.05, 4.69) is 15.0 Å². The van der Waals surface area contributed by atoms with E-state index in [1.165, 1.54) is 19.2 Å². The van der Waals surface area contributed by atoms with Crippen molar-refractivity contribution in [2.75, 3.05) is 26.1 Å². The van der Waals surface area contributed by atoms with Crippen LogP contribution in [0.15, 0.2) is 5.38 Å². The number of hydrogen-bond acceptors (Lipinski definition) is 12. The number of rotatable bonds is 10. The average Bonchev–Trinajstić information content (AvgIpc) is 3.08. The first-order valence-corrected chi connectivity index (χ1v) is 12.6. The number of amides is 2. The van der Waals surface area contributed by atoms with Crippen molar-refractivity contribution in [1.29, 1.82) is 0 Å². The highest BCUT2D eigenvalue weighted by Crippen LogP contribution is 2.61. The lowest BCUT2D eigenvalue weighted by atomic mass is 9.98. The summed E-state index contributed by atoms with van der Waals surface area (Å²) >= 11 is 0.947. The van der Waals surface area contributed by atoms with Crippen LogP contribution in [-0.4, -0.2) is 72.5 Å². The standard InChI is InChI=1S/C14H21N4O10PS2/c1-4-27-29(22,28-5-2)10(7-6-30-14(15)16-7)11(19)17-8-9(13(21)26-3)18(12(8)20)31(23,24)25/h6,8-10H,4-5H2,1-3H3,(H2,15,16)(H,17,19)(H,23,24,25). The molecule has 2 rings (SSSR count). The molecule has 3 atom stereocenters. The molecule has 3 unspecified atom stereocenters. The molecule has 1 aliphatic rings. The van der Waals surface area contributed by atoms with Crippen LogP contribution in [0.4, 0.5) is 5.13 Å². The third kappa shape index (κ3) is 5.05. The maximum Gasteiger partial charge on any atom is 0.363 e. The molecule has 0 aromatic carbocycles. The van der Waals surface area contributed by atoms with Gasteiger partial charge in [0.15, 0.2) is 16.8 Å². The minimum Gasteiger partial charge on any atom is -0.467 e. The fourth-order valence-corrected chi connectivity index (χ4v) is 6.29. The molecule has 1 saturated heterocycles. The van der Waals surface area contributed by atoms with Gasteiger partial charge in [0.1, 0.15) is 6.04 Å². The molecule has 2 amide bonds. The molecular formula is C14H21N4O10PS2. The molecule has 4 N–H and O–H groups in total. The maximum atomic E-state index is 13.3. The zero-order valence-electron chi connectivity index (χ0n) is 16.6. The van der Waals surface area contributed by atoms with E-state index in [1.54, 1.807) is 0 Å². The number of nitrogen functional groups attached to an aromatic ring is 1. The van der Waals surface area contributed by atoms with Gasteiger partial charge in [-0.2, -0.15) is 12.7 Å². The lowest BCUT2D eigenvalue weighted by molar-refractivity contribution is -0.162. The van der Waals surface area contributed by atoms with Gasteiger partial charge in [-0.1, -0.05) is 0 Å². The van der Waals surface area contributed by atoms with Crippen molar-refractivity contribution in [3.05, 3.63) is 11.1 Å². The van der Waals surface area contributed by atoms with Gasteiger partial charge in [-0.05, 0) is 13.8 Å². The highest BCUT2D eigenvalue weighted by Gasteiger charge is 2.59. The molecule has 174 valence electrons. The summed E-state index contributed by atoms with van der Waals surface area (Å²) in [5.41, 5.74) is 3.86. The van der Waals surface area contributed by atoms with E-state index >= 15 is 0 Å². The highest BCUT2D eigenvalue weighted by molar-refractivity contribution is 7.84. The first kappa shape index (κ1) is 25.2. The third-order valence-electron chi connectivity index (χ3n) is 4.04. The molecule has 0 bridgehead atoms. The fourth-order valence-electron chi connectivity index (χ4n) is 2.86. The SMILES string of the molecule is CCOP(=O)(OCC)C(C(=O)NC1C(=O)N(S(=O)(=O)O)C1C(=O)OC)c1csc(N)n1. The number of hydrogen-bond donors (Lipinski definition) is 3. The predicted molar refractivity (Wildman–Crippen MR) is 106 cm³/mol. The number of thiazole rings is 1. The molecule has 2 heterocycles. The van der Waals surface area contributed by atoms with Crippen LogP contribution in [0, 0.1) is 0 Å². The fraction of sp³-hybridized carbons (Fsp3) is 0.571. The topological polar surface area (TPSA) is 205 Å². The van der Waals surface area contributed by atoms with Crippen molar-refractivity contribution < 1.29 is 45.7 Å². The van der Waals surface area contributed by atoms with Crippen LogP contribution in [0.3, 0.4) is 0 Å². The molecule has 17 heteroatoms. The molecule has 0 spiro atoms. The van der Waals surface area contributed by atoms with Gasteiger partial charge < -0.3 is 24.8 Å². The van der Waals surface area contributed by atoms with E-state index < -0.39 is 53.4 Å². The van der Waals surface area contributed by atoms with Crippen LogP contribution in [0.2, 0.25) is 0 Å². The number of nitrogens with one attached hydrogen (secondary N) is 1. The van der Waals surface area contributed by atoms with Crippen LogP contribution in [0.5, 0.6) is 0 Å². The van der Waals surface area contributed by atoms with Crippen molar-refractivity contribution in [1.82, 2.24) is 14.6 Å². The summed E-state index contributed by atoms with van der Waals surface area (Å²) in [4.78, 5) is 41.2. The van der Waals surface area contributed by atoms with Gasteiger partial charge in [-0.3, -0.25) is 18.7 Å². The summed E-state index contributed by atoms with van der Waals surface area (Å²) in [5, 5.41) is 3.54. The molecule has 14 nitrogen and oxygen atoms in total. The second kappa shape index (κ2) is 9.58. The van der Waals surface area contributed by atoms with Crippen LogP contribution in [-0.2, 0) is 43.0 Å². The van der Waals surface area contributed by atoms with Gasteiger partial charge in [0.05, 0.1) is 26.0 Å². The monoisotopic (exact) mass is 500 g/mol. The van der Waals surface area contributed by atoms with Crippen molar-refractivity contribution >= 4 is 52.2 Å². The Morgan fingerprint density at radius 3 is 2.39 bits per heavy atom. The smallest absolute Gasteiger partial charge is 0.363 e. The number of nitrogens with two attached hydrogens (primary N) is 1. The van der Waals surface area contributed by atoms with Crippen molar-refractivity contribution in [2.45, 2.75) is 31.6 Å². The van der Waals surface area contributed by atoms with E-state index in [0.29, 0.717) is 0 Å². The molecule has 1 fully saturated rings. The van der Waals surface area contributed by atoms with Crippen molar-refractivity contribution in [3.63, 3.8) is 0 Å². The number of anilines is 1. The zero-order valence-corrected chi connectivity index (χ0v) is 19.1. The van der Waals surface area contributed by atoms with E-state index in [0.717, 1.165) is 18.4 Å². The Balaban J connectivity index is 2.42. The van der Waals surface area contributed by atoms with E-state index in [-0.39, 0.29) is 28.3 Å². The normalized spacial score (nSPS) is 20.1. The lowest BCUT2D eigenvalue weighted by Crippen LogP contribution is -2.74. The Morgan fingerprint density at radius 2 is 1.97 bits per heavy atom. The molecule has 0 saturated carbocycles. The van der Waals surface area contributed by atoms with Gasteiger partial charge in [-0.15, -0.1) is 11.3 Å². The summed E-state index contributed by atoms with van der Waals surface area (Å²) in [6.07, 6.45) is 0. The number of aromatic nitrogens is 1. The number of methoxy groups -OCH3 is 1. The van der Waals surface area contributed by atoms with Crippen LogP contribution in [0.25, 0.3) is 0 Å². The van der Waals surface area contributed by atoms with E-state index in [9.17, 15) is 31.9 Å². The Labute approximate surface area is 181 Å². The number of ether oxygens (including phenoxy) is 1. The zero-order chi connectivity index (χ0) is 23.6. The predicted octanol–water partition coefficient (Wildman–Crippen LogP) is -0.296. The van der Waals surface area contributed by atoms with Crippen LogP contribution >= 0.6 is 18.9 Å². The largest absolute Gasteiger partial charge is 0.467 e. The molecular weight excluding hydrogens is 479 g/mol. The Kier molecular flexibility index (Phi) is 7.78. The van der Waals surface area contributed by atoms with Crippen LogP contribution in [0.1, 0.15) is 25.2 Å². The second-order valence-corrected chi connectivity index (χ2v) is 10.2. The van der Waals surface area contributed by atoms with Gasteiger partial charge >= 0.3 is 23.9 Å². The van der Waals surface area contributed by atoms with E-state index in [4.69, 9.17) is 14.8 Å². The molecule has 0 aliphatic carbocycles. The molecule has 31 heavy (non-hydrogen) atoms. The quantitative estimate of drug-likeness (QED) is 0.164. The second-order valence-electron chi connectivity index (χ2n) is 5.95. The van der Waals surface area contributed by atoms with Gasteiger partial charge in [0.2, 0.25) is 5.91 Å². The number of carbonyl (C=O) groups is 3. The number of nitrogens with zero attached hydrogens (tertiary/aromatic N) is 2. The summed E-state index contributed by atoms with van der Waals surface area (Å²) in [7, 11) is -8.37. The minimum absolute atomic E-state index is 0.0528. The summed E-state index contributed by atoms with van der Waals surface area (Å²) in [6.45, 7) is 2.85. The van der Waals surface area contributed by atoms with Crippen LogP contribution < -0.4 is 11.1 Å². The summed E-state index contributed by atoms with van der Waals surface area (Å²) in [5.74, 6) is -3.61. The van der Waals surface area contributed by atoms with Crippen molar-refractivity contribution in [3.8, 4) is 0 Å². The molecule has 1 aromatic rings. The van der Waals surface area contributed by atoms with Gasteiger partial charge in [0.25, 0.3) is 5.91 Å². The highest BCUT2D eigenvalue weighted by atomic mass is 32.2. The first-order valence-electron chi connectivity index (χ1n) is 8.69. The van der Waals surface area contributed by atoms with Gasteiger partial charge in [-0.25, -0.2) is 9.78 Å². The maximum absolute atomic E-state index is 13.3.